The van der Waals surface area contributed by atoms with E-state index in [1.165, 1.54) is 12.1 Å². The fourth-order valence-electron chi connectivity index (χ4n) is 9.32. The highest BCUT2D eigenvalue weighted by molar-refractivity contribution is 9.10. The lowest BCUT2D eigenvalue weighted by molar-refractivity contribution is -0.237. The minimum atomic E-state index is -1.23. The van der Waals surface area contributed by atoms with E-state index in [2.05, 4.69) is 33.4 Å². The van der Waals surface area contributed by atoms with Gasteiger partial charge in [-0.15, -0.1) is 0 Å². The fourth-order valence-corrected chi connectivity index (χ4v) is 9.68. The number of hydrogen-bond donors (Lipinski definition) is 5. The van der Waals surface area contributed by atoms with Crippen LogP contribution in [0.4, 0.5) is 0 Å². The summed E-state index contributed by atoms with van der Waals surface area (Å²) in [7, 11) is 0. The zero-order valence-corrected chi connectivity index (χ0v) is 24.2. The molecule has 6 rings (SSSR count). The van der Waals surface area contributed by atoms with Crippen molar-refractivity contribution in [2.24, 2.45) is 33.7 Å². The molecule has 1 aromatic carbocycles. The van der Waals surface area contributed by atoms with Crippen LogP contribution in [-0.2, 0) is 9.53 Å². The van der Waals surface area contributed by atoms with Crippen molar-refractivity contribution < 1.29 is 34.8 Å². The molecule has 4 fully saturated rings. The van der Waals surface area contributed by atoms with E-state index in [1.54, 1.807) is 18.4 Å². The Balaban J connectivity index is 1.32. The van der Waals surface area contributed by atoms with E-state index >= 15 is 0 Å². The van der Waals surface area contributed by atoms with Crippen molar-refractivity contribution in [2.75, 3.05) is 6.61 Å². The molecule has 8 atom stereocenters. The predicted molar refractivity (Wildman–Crippen MR) is 149 cm³/mol. The number of hydrazone groups is 1. The smallest absolute Gasteiger partial charge is 0.331 e. The number of carbonyl (C=O) groups is 2. The number of aliphatic hydroxyl groups is 3. The highest BCUT2D eigenvalue weighted by Crippen LogP contribution is 2.70. The van der Waals surface area contributed by atoms with Crippen molar-refractivity contribution in [3.05, 3.63) is 39.9 Å². The first-order valence-corrected chi connectivity index (χ1v) is 15.0. The van der Waals surface area contributed by atoms with E-state index < -0.39 is 34.0 Å². The van der Waals surface area contributed by atoms with Gasteiger partial charge < -0.3 is 25.2 Å². The number of amides is 1. The van der Waals surface area contributed by atoms with Gasteiger partial charge in [0.2, 0.25) is 0 Å². The molecule has 0 spiro atoms. The van der Waals surface area contributed by atoms with Gasteiger partial charge in [0.05, 0.1) is 22.9 Å². The normalized spacial score (nSPS) is 42.5. The van der Waals surface area contributed by atoms with Gasteiger partial charge in [0.25, 0.3) is 5.91 Å². The second kappa shape index (κ2) is 9.64. The SMILES string of the molecule is C[C@]12CC[C@H]3[C@@H](CC[C@]4(O)C[C@H](O)CC[C@]34/C=N\NC(=O)c3cc(Br)ccc3O)[C@@]1(O)CC[C@H]2C1=CC(=O)OC1. The Hall–Kier alpha value is -2.27. The van der Waals surface area contributed by atoms with Crippen LogP contribution in [0.3, 0.4) is 0 Å². The van der Waals surface area contributed by atoms with Crippen molar-refractivity contribution in [3.8, 4) is 5.75 Å². The first-order valence-electron chi connectivity index (χ1n) is 14.3. The third-order valence-corrected chi connectivity index (χ3v) is 11.8. The molecule has 0 radical (unpaired) electrons. The first kappa shape index (κ1) is 27.9. The number of halogens is 1. The zero-order valence-electron chi connectivity index (χ0n) is 22.6. The van der Waals surface area contributed by atoms with Crippen molar-refractivity contribution >= 4 is 34.0 Å². The molecule has 0 bridgehead atoms. The topological polar surface area (TPSA) is 149 Å². The van der Waals surface area contributed by atoms with Gasteiger partial charge in [0.15, 0.2) is 0 Å². The van der Waals surface area contributed by atoms with Gasteiger partial charge in [-0.05, 0) is 92.9 Å². The number of phenols is 1. The maximum atomic E-state index is 12.9. The van der Waals surface area contributed by atoms with E-state index in [-0.39, 0.29) is 48.1 Å². The molecular weight excluding hydrogens is 580 g/mol. The molecule has 1 heterocycles. The van der Waals surface area contributed by atoms with Gasteiger partial charge in [-0.1, -0.05) is 22.9 Å². The molecule has 5 N–H and O–H groups in total. The minimum Gasteiger partial charge on any atom is -0.507 e. The zero-order chi connectivity index (χ0) is 28.5. The summed E-state index contributed by atoms with van der Waals surface area (Å²) in [6, 6.07) is 4.56. The number of aliphatic hydroxyl groups excluding tert-OH is 1. The lowest BCUT2D eigenvalue weighted by Gasteiger charge is -2.65. The molecule has 4 aliphatic carbocycles. The number of fused-ring (bicyclic) bond motifs is 5. The second-order valence-corrected chi connectivity index (χ2v) is 13.8. The van der Waals surface area contributed by atoms with Crippen molar-refractivity contribution in [1.29, 1.82) is 0 Å². The molecule has 9 nitrogen and oxygen atoms in total. The number of rotatable bonds is 4. The number of aromatic hydroxyl groups is 1. The number of nitrogens with zero attached hydrogens (tertiary/aromatic N) is 1. The lowest BCUT2D eigenvalue weighted by atomic mass is 9.41. The summed E-state index contributed by atoms with van der Waals surface area (Å²) in [5.41, 5.74) is 0.0831. The molecule has 1 amide bonds. The third kappa shape index (κ3) is 4.01. The van der Waals surface area contributed by atoms with Gasteiger partial charge >= 0.3 is 5.97 Å². The standard InChI is InChI=1S/C30H37BrN2O7/c1-27-8-5-22-23(30(27,39)11-7-21(27)17-12-25(36)40-15-17)6-10-29(38)14-19(34)4-9-28(22,29)16-32-33-26(37)20-13-18(31)2-3-24(20)35/h2-3,12-13,16,19,21-23,34-35,38-39H,4-11,14-15H2,1H3,(H,33,37)/b32-16-/t19-,21+,22+,23-,27-,28+,29+,30+/m1/s1. The predicted octanol–water partition coefficient (Wildman–Crippen LogP) is 3.58. The van der Waals surface area contributed by atoms with E-state index in [0.29, 0.717) is 43.0 Å². The number of esters is 1. The van der Waals surface area contributed by atoms with E-state index in [4.69, 9.17) is 4.74 Å². The Labute approximate surface area is 241 Å². The number of hydrogen-bond acceptors (Lipinski definition) is 8. The van der Waals surface area contributed by atoms with Gasteiger partial charge in [-0.2, -0.15) is 5.10 Å². The Morgan fingerprint density at radius 3 is 2.65 bits per heavy atom. The Morgan fingerprint density at radius 1 is 1.12 bits per heavy atom. The van der Waals surface area contributed by atoms with Crippen LogP contribution in [0.25, 0.3) is 0 Å². The largest absolute Gasteiger partial charge is 0.507 e. The highest BCUT2D eigenvalue weighted by Gasteiger charge is 2.71. The number of phenolic OH excluding ortho intramolecular Hbond substituents is 1. The monoisotopic (exact) mass is 616 g/mol. The van der Waals surface area contributed by atoms with Gasteiger partial charge in [-0.25, -0.2) is 10.2 Å². The summed E-state index contributed by atoms with van der Waals surface area (Å²) in [6.07, 6.45) is 7.68. The van der Waals surface area contributed by atoms with Gasteiger partial charge in [0, 0.05) is 34.0 Å². The average Bonchev–Trinajstić information content (AvgIpc) is 3.45. The molecule has 0 saturated heterocycles. The summed E-state index contributed by atoms with van der Waals surface area (Å²) in [6.45, 7) is 2.42. The quantitative estimate of drug-likeness (QED) is 0.197. The minimum absolute atomic E-state index is 0.0562. The molecule has 4 saturated carbocycles. The summed E-state index contributed by atoms with van der Waals surface area (Å²) in [4.78, 5) is 24.7. The fraction of sp³-hybridized carbons (Fsp3) is 0.633. The number of nitrogens with one attached hydrogen (secondary N) is 1. The Kier molecular flexibility index (Phi) is 6.72. The van der Waals surface area contributed by atoms with Gasteiger partial charge in [0.1, 0.15) is 12.4 Å². The van der Waals surface area contributed by atoms with Crippen LogP contribution in [0, 0.1) is 28.6 Å². The highest BCUT2D eigenvalue weighted by atomic mass is 79.9. The van der Waals surface area contributed by atoms with Gasteiger partial charge in [-0.3, -0.25) is 4.79 Å². The van der Waals surface area contributed by atoms with E-state index in [1.807, 2.05) is 0 Å². The van der Waals surface area contributed by atoms with Crippen molar-refractivity contribution in [3.63, 3.8) is 0 Å². The van der Waals surface area contributed by atoms with Crippen LogP contribution in [-0.4, -0.2) is 62.4 Å². The lowest BCUT2D eigenvalue weighted by Crippen LogP contribution is -2.68. The van der Waals surface area contributed by atoms with E-state index in [0.717, 1.165) is 18.4 Å². The average molecular weight is 618 g/mol. The summed E-state index contributed by atoms with van der Waals surface area (Å²) < 4.78 is 5.86. The number of carbonyl (C=O) groups excluding carboxylic acids is 2. The number of benzene rings is 1. The molecule has 10 heteroatoms. The Bertz CT molecular complexity index is 1300. The molecule has 1 aromatic rings. The van der Waals surface area contributed by atoms with Crippen LogP contribution < -0.4 is 5.43 Å². The summed E-state index contributed by atoms with van der Waals surface area (Å²) in [5, 5.41) is 49.7. The molecule has 0 aromatic heterocycles. The maximum Gasteiger partial charge on any atom is 0.331 e. The number of ether oxygens (including phenoxy) is 1. The molecule has 5 aliphatic rings. The molecule has 216 valence electrons. The van der Waals surface area contributed by atoms with E-state index in [9.17, 15) is 30.0 Å². The second-order valence-electron chi connectivity index (χ2n) is 12.9. The first-order chi connectivity index (χ1) is 18.9. The molecule has 40 heavy (non-hydrogen) atoms. The van der Waals surface area contributed by atoms with Crippen LogP contribution in [0.5, 0.6) is 5.75 Å². The Morgan fingerprint density at radius 2 is 1.90 bits per heavy atom. The van der Waals surface area contributed by atoms with Crippen LogP contribution in [0.1, 0.15) is 75.1 Å². The third-order valence-electron chi connectivity index (χ3n) is 11.3. The van der Waals surface area contributed by atoms with Crippen LogP contribution >= 0.6 is 15.9 Å². The van der Waals surface area contributed by atoms with Crippen molar-refractivity contribution in [1.82, 2.24) is 5.43 Å². The van der Waals surface area contributed by atoms with Crippen LogP contribution in [0.2, 0.25) is 0 Å². The summed E-state index contributed by atoms with van der Waals surface area (Å²) in [5.74, 6) is -1.22. The summed E-state index contributed by atoms with van der Waals surface area (Å²) >= 11 is 3.31. The van der Waals surface area contributed by atoms with Crippen molar-refractivity contribution in [2.45, 2.75) is 82.0 Å². The maximum absolute atomic E-state index is 12.9. The molecular formula is C30H37BrN2O7. The van der Waals surface area contributed by atoms with Crippen LogP contribution in [0.15, 0.2) is 39.4 Å². The molecule has 1 aliphatic heterocycles. The number of cyclic esters (lactones) is 1. The molecule has 0 unspecified atom stereocenters.